The summed E-state index contributed by atoms with van der Waals surface area (Å²) in [6.07, 6.45) is -1.44. The highest BCUT2D eigenvalue weighted by molar-refractivity contribution is 5.48. The maximum Gasteiger partial charge on any atom is 0.123 e. The normalized spacial score (nSPS) is 31.2. The summed E-state index contributed by atoms with van der Waals surface area (Å²) in [6.45, 7) is 2.42. The molecular weight excluding hydrogens is 396 g/mol. The summed E-state index contributed by atoms with van der Waals surface area (Å²) in [5, 5.41) is 40.2. The fourth-order valence-electron chi connectivity index (χ4n) is 5.04. The van der Waals surface area contributed by atoms with Crippen LogP contribution in [-0.4, -0.2) is 58.1 Å². The molecular formula is C25H30O6. The minimum Gasteiger partial charge on any atom is -0.493 e. The van der Waals surface area contributed by atoms with Gasteiger partial charge in [0.05, 0.1) is 13.2 Å². The second-order valence-corrected chi connectivity index (χ2v) is 9.32. The van der Waals surface area contributed by atoms with Gasteiger partial charge in [0.25, 0.3) is 0 Å². The van der Waals surface area contributed by atoms with Gasteiger partial charge in [0.1, 0.15) is 36.3 Å². The van der Waals surface area contributed by atoms with Crippen molar-refractivity contribution < 1.29 is 29.9 Å². The summed E-state index contributed by atoms with van der Waals surface area (Å²) in [5.74, 6) is 1.01. The van der Waals surface area contributed by atoms with Gasteiger partial charge in [-0.3, -0.25) is 0 Å². The predicted octanol–water partition coefficient (Wildman–Crippen LogP) is 1.91. The molecule has 1 spiro atoms. The summed E-state index contributed by atoms with van der Waals surface area (Å²) < 4.78 is 11.6. The van der Waals surface area contributed by atoms with Crippen molar-refractivity contribution in [1.29, 1.82) is 0 Å². The molecule has 1 saturated heterocycles. The molecule has 166 valence electrons. The number of ether oxygens (including phenoxy) is 2. The lowest BCUT2D eigenvalue weighted by Crippen LogP contribution is -2.55. The van der Waals surface area contributed by atoms with Crippen LogP contribution in [0, 0.1) is 6.92 Å². The van der Waals surface area contributed by atoms with Gasteiger partial charge in [-0.25, -0.2) is 0 Å². The van der Waals surface area contributed by atoms with Crippen molar-refractivity contribution in [2.24, 2.45) is 0 Å². The second-order valence-electron chi connectivity index (χ2n) is 9.32. The van der Waals surface area contributed by atoms with E-state index in [-0.39, 0.29) is 0 Å². The van der Waals surface area contributed by atoms with E-state index in [2.05, 4.69) is 25.1 Å². The molecule has 2 fully saturated rings. The Bertz CT molecular complexity index is 966. The van der Waals surface area contributed by atoms with Crippen LogP contribution in [0.15, 0.2) is 36.4 Å². The molecule has 3 aliphatic rings. The Morgan fingerprint density at radius 3 is 2.52 bits per heavy atom. The van der Waals surface area contributed by atoms with E-state index in [4.69, 9.17) is 9.47 Å². The van der Waals surface area contributed by atoms with Crippen LogP contribution in [0.1, 0.15) is 53.2 Å². The molecule has 31 heavy (non-hydrogen) atoms. The second kappa shape index (κ2) is 7.87. The number of benzene rings is 2. The molecule has 2 aliphatic heterocycles. The van der Waals surface area contributed by atoms with Crippen LogP contribution in [0.4, 0.5) is 0 Å². The summed E-state index contributed by atoms with van der Waals surface area (Å²) in [5.41, 5.74) is 5.82. The summed E-state index contributed by atoms with van der Waals surface area (Å²) >= 11 is 0. The molecule has 2 aromatic rings. The highest BCUT2D eigenvalue weighted by Gasteiger charge is 2.48. The lowest BCUT2D eigenvalue weighted by atomic mass is 9.86. The average molecular weight is 427 g/mol. The molecule has 0 amide bonds. The highest BCUT2D eigenvalue weighted by atomic mass is 16.5. The topological polar surface area (TPSA) is 99.4 Å². The van der Waals surface area contributed by atoms with Crippen molar-refractivity contribution in [3.05, 3.63) is 64.2 Å². The van der Waals surface area contributed by atoms with E-state index >= 15 is 0 Å². The highest BCUT2D eigenvalue weighted by Crippen LogP contribution is 2.56. The van der Waals surface area contributed by atoms with Gasteiger partial charge in [0.2, 0.25) is 0 Å². The Morgan fingerprint density at radius 2 is 1.77 bits per heavy atom. The van der Waals surface area contributed by atoms with Crippen molar-refractivity contribution in [3.63, 3.8) is 0 Å². The third-order valence-corrected chi connectivity index (χ3v) is 7.30. The molecule has 4 N–H and O–H groups in total. The molecule has 0 bridgehead atoms. The van der Waals surface area contributed by atoms with Crippen molar-refractivity contribution in [2.45, 2.75) is 68.5 Å². The number of hydrogen-bond acceptors (Lipinski definition) is 6. The largest absolute Gasteiger partial charge is 0.493 e. The summed E-state index contributed by atoms with van der Waals surface area (Å²) in [7, 11) is 0. The minimum absolute atomic E-state index is 0.316. The molecule has 5 rings (SSSR count). The van der Waals surface area contributed by atoms with E-state index in [0.717, 1.165) is 41.9 Å². The first kappa shape index (κ1) is 20.9. The molecule has 6 nitrogen and oxygen atoms in total. The Labute approximate surface area is 182 Å². The molecule has 2 heterocycles. The third kappa shape index (κ3) is 3.66. The number of hydrogen-bond donors (Lipinski definition) is 4. The zero-order valence-corrected chi connectivity index (χ0v) is 17.7. The Morgan fingerprint density at radius 1 is 0.968 bits per heavy atom. The van der Waals surface area contributed by atoms with Crippen molar-refractivity contribution in [1.82, 2.24) is 0 Å². The number of aryl methyl sites for hydroxylation is 1. The van der Waals surface area contributed by atoms with Crippen LogP contribution in [0.3, 0.4) is 0 Å². The fraction of sp³-hybridized carbons (Fsp3) is 0.520. The molecule has 5 atom stereocenters. The zero-order valence-electron chi connectivity index (χ0n) is 17.7. The number of aliphatic hydroxyl groups is 4. The first-order valence-electron chi connectivity index (χ1n) is 11.1. The van der Waals surface area contributed by atoms with E-state index in [1.165, 1.54) is 24.0 Å². The van der Waals surface area contributed by atoms with Gasteiger partial charge in [-0.2, -0.15) is 0 Å². The van der Waals surface area contributed by atoms with Crippen LogP contribution in [0.25, 0.3) is 0 Å². The van der Waals surface area contributed by atoms with E-state index in [1.54, 1.807) is 0 Å². The van der Waals surface area contributed by atoms with Crippen LogP contribution < -0.4 is 4.74 Å². The molecule has 1 saturated carbocycles. The average Bonchev–Trinajstić information content (AvgIpc) is 3.55. The van der Waals surface area contributed by atoms with Crippen LogP contribution in [-0.2, 0) is 16.6 Å². The lowest BCUT2D eigenvalue weighted by Gasteiger charge is -2.40. The van der Waals surface area contributed by atoms with Crippen molar-refractivity contribution in [2.75, 3.05) is 13.2 Å². The van der Waals surface area contributed by atoms with E-state index < -0.39 is 37.1 Å². The van der Waals surface area contributed by atoms with E-state index in [9.17, 15) is 20.4 Å². The Hall–Kier alpha value is -1.96. The van der Waals surface area contributed by atoms with Gasteiger partial charge in [-0.15, -0.1) is 0 Å². The first-order valence-corrected chi connectivity index (χ1v) is 11.1. The minimum atomic E-state index is -1.38. The Balaban J connectivity index is 1.42. The van der Waals surface area contributed by atoms with Crippen molar-refractivity contribution in [3.8, 4) is 5.75 Å². The predicted molar refractivity (Wildman–Crippen MR) is 114 cm³/mol. The summed E-state index contributed by atoms with van der Waals surface area (Å²) in [6, 6.07) is 12.3. The smallest absolute Gasteiger partial charge is 0.123 e. The number of fused-ring (bicyclic) bond motifs is 2. The summed E-state index contributed by atoms with van der Waals surface area (Å²) in [4.78, 5) is 0. The van der Waals surface area contributed by atoms with Crippen molar-refractivity contribution >= 4 is 0 Å². The van der Waals surface area contributed by atoms with E-state index in [1.807, 2.05) is 18.2 Å². The van der Waals surface area contributed by atoms with Gasteiger partial charge in [-0.05, 0) is 60.9 Å². The van der Waals surface area contributed by atoms with Gasteiger partial charge in [0.15, 0.2) is 0 Å². The molecule has 1 aliphatic carbocycles. The van der Waals surface area contributed by atoms with Gasteiger partial charge < -0.3 is 29.9 Å². The number of aliphatic hydroxyl groups excluding tert-OH is 4. The van der Waals surface area contributed by atoms with Crippen LogP contribution >= 0.6 is 0 Å². The van der Waals surface area contributed by atoms with E-state index in [0.29, 0.717) is 5.41 Å². The molecule has 6 heteroatoms. The lowest BCUT2D eigenvalue weighted by molar-refractivity contribution is -0.231. The number of rotatable bonds is 4. The quantitative estimate of drug-likeness (QED) is 0.596. The Kier molecular flexibility index (Phi) is 5.31. The monoisotopic (exact) mass is 426 g/mol. The van der Waals surface area contributed by atoms with Crippen LogP contribution in [0.5, 0.6) is 5.75 Å². The fourth-order valence-corrected chi connectivity index (χ4v) is 5.04. The molecule has 0 unspecified atom stereocenters. The van der Waals surface area contributed by atoms with Gasteiger partial charge in [0, 0.05) is 11.0 Å². The molecule has 0 radical (unpaired) electrons. The molecule has 0 aromatic heterocycles. The maximum absolute atomic E-state index is 10.5. The standard InChI is InChI=1S/C25H30O6/c1-14-2-4-16(24-23(29)22(28)21(27)20(13-26)31-24)12-17(14)10-15-3-5-19-18(11-15)25(6-7-25)8-9-30-19/h2-5,11-12,20-24,26-29H,6-10,13H2,1H3/t20-,21-,22+,23-,24+/m1/s1. The maximum atomic E-state index is 10.5. The van der Waals surface area contributed by atoms with Crippen LogP contribution in [0.2, 0.25) is 0 Å². The zero-order chi connectivity index (χ0) is 21.8. The van der Waals surface area contributed by atoms with Gasteiger partial charge in [-0.1, -0.05) is 30.3 Å². The third-order valence-electron chi connectivity index (χ3n) is 7.30. The first-order chi connectivity index (χ1) is 14.9. The van der Waals surface area contributed by atoms with Gasteiger partial charge >= 0.3 is 0 Å². The molecule has 2 aromatic carbocycles. The SMILES string of the molecule is Cc1ccc([C@@H]2O[C@H](CO)[C@@H](O)[C@H](O)[C@H]2O)cc1Cc1ccc2c(c1)C1(CCO2)CC1.